The average molecular weight is 299 g/mol. The molecule has 1 aromatic rings. The zero-order chi connectivity index (χ0) is 15.2. The predicted octanol–water partition coefficient (Wildman–Crippen LogP) is 2.24. The molecule has 0 unspecified atom stereocenters. The molecule has 118 valence electrons. The Balaban J connectivity index is 1.58. The Hall–Kier alpha value is -1.41. The Kier molecular flexibility index (Phi) is 5.44. The third-order valence-electron chi connectivity index (χ3n) is 4.56. The summed E-state index contributed by atoms with van der Waals surface area (Å²) >= 11 is 0. The fourth-order valence-corrected chi connectivity index (χ4v) is 3.47. The highest BCUT2D eigenvalue weighted by atomic mass is 16.5. The van der Waals surface area contributed by atoms with Gasteiger partial charge in [-0.25, -0.2) is 0 Å². The average Bonchev–Trinajstić information content (AvgIpc) is 2.94. The number of hydrogen-bond acceptors (Lipinski definition) is 4. The molecule has 1 atom stereocenters. The Bertz CT molecular complexity index is 519. The van der Waals surface area contributed by atoms with Crippen molar-refractivity contribution in [1.29, 1.82) is 5.26 Å². The van der Waals surface area contributed by atoms with E-state index in [1.54, 1.807) is 0 Å². The van der Waals surface area contributed by atoms with Crippen molar-refractivity contribution < 1.29 is 4.74 Å². The normalized spacial score (nSPS) is 24.0. The summed E-state index contributed by atoms with van der Waals surface area (Å²) < 4.78 is 6.04. The Morgan fingerprint density at radius 1 is 1.14 bits per heavy atom. The quantitative estimate of drug-likeness (QED) is 0.855. The fraction of sp³-hybridized carbons (Fsp3) is 0.611. The lowest BCUT2D eigenvalue weighted by Crippen LogP contribution is -2.39. The highest BCUT2D eigenvalue weighted by molar-refractivity contribution is 5.32. The summed E-state index contributed by atoms with van der Waals surface area (Å²) in [5.74, 6) is 0. The van der Waals surface area contributed by atoms with Gasteiger partial charge in [0.2, 0.25) is 0 Å². The molecule has 2 aliphatic rings. The minimum Gasteiger partial charge on any atom is -0.376 e. The lowest BCUT2D eigenvalue weighted by atomic mass is 10.1. The number of benzene rings is 1. The van der Waals surface area contributed by atoms with E-state index in [2.05, 4.69) is 21.9 Å². The van der Waals surface area contributed by atoms with Crippen molar-refractivity contribution in [2.24, 2.45) is 0 Å². The van der Waals surface area contributed by atoms with Crippen LogP contribution < -0.4 is 0 Å². The third kappa shape index (κ3) is 4.30. The first kappa shape index (κ1) is 15.5. The summed E-state index contributed by atoms with van der Waals surface area (Å²) in [6.45, 7) is 7.37. The Labute approximate surface area is 133 Å². The highest BCUT2D eigenvalue weighted by Gasteiger charge is 2.22. The van der Waals surface area contributed by atoms with Gasteiger partial charge in [-0.05, 0) is 50.0 Å². The maximum Gasteiger partial charge on any atom is 0.0991 e. The lowest BCUT2D eigenvalue weighted by Gasteiger charge is -2.27. The van der Waals surface area contributed by atoms with Gasteiger partial charge in [0.05, 0.1) is 17.7 Å². The summed E-state index contributed by atoms with van der Waals surface area (Å²) in [5.41, 5.74) is 1.97. The SMILES string of the molecule is N#Cc1cccc(CN2CCCO[C@@H](CN3CCCC3)C2)c1. The van der Waals surface area contributed by atoms with E-state index in [0.717, 1.165) is 44.8 Å². The van der Waals surface area contributed by atoms with Crippen molar-refractivity contribution in [2.45, 2.75) is 31.9 Å². The largest absolute Gasteiger partial charge is 0.376 e. The van der Waals surface area contributed by atoms with E-state index in [4.69, 9.17) is 10.00 Å². The molecule has 2 fully saturated rings. The molecule has 4 nitrogen and oxygen atoms in total. The number of nitrogens with zero attached hydrogens (tertiary/aromatic N) is 3. The molecule has 1 aromatic carbocycles. The maximum absolute atomic E-state index is 9.03. The van der Waals surface area contributed by atoms with Crippen LogP contribution in [0.2, 0.25) is 0 Å². The molecule has 2 heterocycles. The topological polar surface area (TPSA) is 39.5 Å². The predicted molar refractivity (Wildman–Crippen MR) is 86.5 cm³/mol. The van der Waals surface area contributed by atoms with Crippen LogP contribution in [0.4, 0.5) is 0 Å². The molecule has 2 saturated heterocycles. The first-order valence-corrected chi connectivity index (χ1v) is 8.39. The van der Waals surface area contributed by atoms with Crippen molar-refractivity contribution in [1.82, 2.24) is 9.80 Å². The van der Waals surface area contributed by atoms with E-state index in [9.17, 15) is 0 Å². The first-order valence-electron chi connectivity index (χ1n) is 8.39. The standard InChI is InChI=1S/C18H25N3O/c19-12-16-5-3-6-17(11-16)13-21-9-4-10-22-18(15-21)14-20-7-1-2-8-20/h3,5-6,11,18H,1-2,4,7-10,13-15H2/t18-/m0/s1. The molecule has 22 heavy (non-hydrogen) atoms. The lowest BCUT2D eigenvalue weighted by molar-refractivity contribution is 0.0308. The number of nitriles is 1. The Morgan fingerprint density at radius 3 is 2.77 bits per heavy atom. The summed E-state index contributed by atoms with van der Waals surface area (Å²) in [6.07, 6.45) is 4.07. The van der Waals surface area contributed by atoms with Gasteiger partial charge in [-0.1, -0.05) is 12.1 Å². The number of hydrogen-bond donors (Lipinski definition) is 0. The molecular formula is C18H25N3O. The van der Waals surface area contributed by atoms with Crippen molar-refractivity contribution >= 4 is 0 Å². The van der Waals surface area contributed by atoms with Crippen LogP contribution in [0, 0.1) is 11.3 Å². The molecule has 0 aromatic heterocycles. The number of rotatable bonds is 4. The van der Waals surface area contributed by atoms with Crippen LogP contribution in [0.3, 0.4) is 0 Å². The van der Waals surface area contributed by atoms with Crippen LogP contribution in [0.15, 0.2) is 24.3 Å². The minimum atomic E-state index is 0.319. The second kappa shape index (κ2) is 7.73. The molecule has 4 heteroatoms. The van der Waals surface area contributed by atoms with Crippen LogP contribution in [0.5, 0.6) is 0 Å². The smallest absolute Gasteiger partial charge is 0.0991 e. The van der Waals surface area contributed by atoms with Crippen LogP contribution in [0.25, 0.3) is 0 Å². The van der Waals surface area contributed by atoms with E-state index < -0.39 is 0 Å². The molecule has 0 saturated carbocycles. The zero-order valence-electron chi connectivity index (χ0n) is 13.2. The highest BCUT2D eigenvalue weighted by Crippen LogP contribution is 2.15. The minimum absolute atomic E-state index is 0.319. The van der Waals surface area contributed by atoms with Gasteiger partial charge in [-0.15, -0.1) is 0 Å². The van der Waals surface area contributed by atoms with Crippen LogP contribution in [-0.4, -0.2) is 55.2 Å². The molecule has 0 spiro atoms. The summed E-state index contributed by atoms with van der Waals surface area (Å²) in [4.78, 5) is 5.01. The van der Waals surface area contributed by atoms with Crippen LogP contribution in [-0.2, 0) is 11.3 Å². The summed E-state index contributed by atoms with van der Waals surface area (Å²) in [7, 11) is 0. The second-order valence-electron chi connectivity index (χ2n) is 6.40. The fourth-order valence-electron chi connectivity index (χ4n) is 3.47. The van der Waals surface area contributed by atoms with E-state index >= 15 is 0 Å². The zero-order valence-corrected chi connectivity index (χ0v) is 13.2. The van der Waals surface area contributed by atoms with E-state index in [1.165, 1.54) is 31.5 Å². The molecule has 3 rings (SSSR count). The molecule has 0 bridgehead atoms. The van der Waals surface area contributed by atoms with E-state index in [1.807, 2.05) is 18.2 Å². The first-order chi connectivity index (χ1) is 10.8. The third-order valence-corrected chi connectivity index (χ3v) is 4.56. The van der Waals surface area contributed by atoms with Gasteiger partial charge in [0.1, 0.15) is 0 Å². The maximum atomic E-state index is 9.03. The molecule has 2 aliphatic heterocycles. The molecule has 0 amide bonds. The van der Waals surface area contributed by atoms with Crippen molar-refractivity contribution in [2.75, 3.05) is 39.3 Å². The van der Waals surface area contributed by atoms with Gasteiger partial charge in [-0.2, -0.15) is 5.26 Å². The van der Waals surface area contributed by atoms with Gasteiger partial charge >= 0.3 is 0 Å². The molecule has 0 aliphatic carbocycles. The van der Waals surface area contributed by atoms with Gasteiger partial charge in [0, 0.05) is 32.8 Å². The van der Waals surface area contributed by atoms with Gasteiger partial charge < -0.3 is 9.64 Å². The van der Waals surface area contributed by atoms with Crippen molar-refractivity contribution in [3.63, 3.8) is 0 Å². The Morgan fingerprint density at radius 2 is 1.95 bits per heavy atom. The van der Waals surface area contributed by atoms with Crippen molar-refractivity contribution in [3.8, 4) is 6.07 Å². The van der Waals surface area contributed by atoms with Crippen LogP contribution in [0.1, 0.15) is 30.4 Å². The number of likely N-dealkylation sites (tertiary alicyclic amines) is 1. The summed E-state index contributed by atoms with van der Waals surface area (Å²) in [5, 5.41) is 9.03. The van der Waals surface area contributed by atoms with Gasteiger partial charge in [0.25, 0.3) is 0 Å². The monoisotopic (exact) mass is 299 g/mol. The van der Waals surface area contributed by atoms with E-state index in [0.29, 0.717) is 6.10 Å². The van der Waals surface area contributed by atoms with Crippen molar-refractivity contribution in [3.05, 3.63) is 35.4 Å². The number of ether oxygens (including phenoxy) is 1. The second-order valence-corrected chi connectivity index (χ2v) is 6.40. The molecule has 0 N–H and O–H groups in total. The summed E-state index contributed by atoms with van der Waals surface area (Å²) in [6, 6.07) is 10.2. The molecular weight excluding hydrogens is 274 g/mol. The molecule has 0 radical (unpaired) electrons. The van der Waals surface area contributed by atoms with Gasteiger partial charge in [-0.3, -0.25) is 4.90 Å². The van der Waals surface area contributed by atoms with Crippen LogP contribution >= 0.6 is 0 Å². The van der Waals surface area contributed by atoms with Gasteiger partial charge in [0.15, 0.2) is 0 Å². The van der Waals surface area contributed by atoms with E-state index in [-0.39, 0.29) is 0 Å².